The van der Waals surface area contributed by atoms with Gasteiger partial charge in [-0.25, -0.2) is 0 Å². The molecule has 1 saturated heterocycles. The van der Waals surface area contributed by atoms with Crippen molar-refractivity contribution in [2.75, 3.05) is 17.2 Å². The van der Waals surface area contributed by atoms with Crippen molar-refractivity contribution in [3.05, 3.63) is 29.3 Å². The first-order chi connectivity index (χ1) is 11.1. The number of hydrogen-bond acceptors (Lipinski definition) is 6. The summed E-state index contributed by atoms with van der Waals surface area (Å²) in [5, 5.41) is 29.8. The average Bonchev–Trinajstić information content (AvgIpc) is 2.66. The van der Waals surface area contributed by atoms with E-state index >= 15 is 0 Å². The van der Waals surface area contributed by atoms with Crippen LogP contribution in [0.1, 0.15) is 25.0 Å². The summed E-state index contributed by atoms with van der Waals surface area (Å²) in [4.78, 5) is 2.65. The molecule has 0 spiro atoms. The second-order valence-electron chi connectivity index (χ2n) is 6.04. The molecule has 0 aromatic heterocycles. The highest BCUT2D eigenvalue weighted by atomic mass is 32.1. The Morgan fingerprint density at radius 3 is 2.46 bits per heavy atom. The highest BCUT2D eigenvalue weighted by Gasteiger charge is 2.51. The predicted octanol–water partition coefficient (Wildman–Crippen LogP) is 2.00. The van der Waals surface area contributed by atoms with Crippen LogP contribution in [0.2, 0.25) is 0 Å². The van der Waals surface area contributed by atoms with E-state index in [4.69, 9.17) is 5.26 Å². The third-order valence-electron chi connectivity index (χ3n) is 4.23. The zero-order valence-corrected chi connectivity index (χ0v) is 14.0. The van der Waals surface area contributed by atoms with Gasteiger partial charge in [-0.1, -0.05) is 0 Å². The first-order valence-corrected chi connectivity index (χ1v) is 7.82. The Hall–Kier alpha value is -1.47. The van der Waals surface area contributed by atoms with Crippen LogP contribution < -0.4 is 4.90 Å². The first kappa shape index (κ1) is 18.9. The molecule has 2 atom stereocenters. The number of aliphatic hydroxyl groups excluding tert-OH is 2. The molecule has 0 saturated carbocycles. The molecule has 1 aromatic carbocycles. The topological polar surface area (TPSA) is 70.7 Å². The molecular formula is C15H18F3N3O2S. The summed E-state index contributed by atoms with van der Waals surface area (Å²) in [7, 11) is 0. The lowest BCUT2D eigenvalue weighted by Gasteiger charge is -2.32. The van der Waals surface area contributed by atoms with Crippen molar-refractivity contribution in [1.82, 2.24) is 4.90 Å². The van der Waals surface area contributed by atoms with Crippen LogP contribution in [0.15, 0.2) is 18.2 Å². The Balaban J connectivity index is 2.51. The van der Waals surface area contributed by atoms with Crippen LogP contribution in [0.4, 0.5) is 18.9 Å². The van der Waals surface area contributed by atoms with Crippen LogP contribution in [0.5, 0.6) is 0 Å². The summed E-state index contributed by atoms with van der Waals surface area (Å²) in [5.74, 6) is 0.405. The van der Waals surface area contributed by atoms with E-state index in [0.717, 1.165) is 17.0 Å². The fourth-order valence-corrected chi connectivity index (χ4v) is 3.09. The largest absolute Gasteiger partial charge is 0.417 e. The van der Waals surface area contributed by atoms with E-state index in [1.807, 2.05) is 0 Å². The number of thiol groups is 1. The Morgan fingerprint density at radius 2 is 1.96 bits per heavy atom. The molecule has 2 unspecified atom stereocenters. The quantitative estimate of drug-likeness (QED) is 0.719. The molecule has 2 rings (SSSR count). The van der Waals surface area contributed by atoms with Crippen molar-refractivity contribution in [3.63, 3.8) is 0 Å². The highest BCUT2D eigenvalue weighted by molar-refractivity contribution is 7.80. The van der Waals surface area contributed by atoms with E-state index in [9.17, 15) is 23.4 Å². The molecule has 9 heteroatoms. The maximum absolute atomic E-state index is 13.1. The summed E-state index contributed by atoms with van der Waals surface area (Å²) in [6.45, 7) is 3.70. The number of halogens is 3. The van der Waals surface area contributed by atoms with Gasteiger partial charge in [0.25, 0.3) is 0 Å². The van der Waals surface area contributed by atoms with Gasteiger partial charge in [0.1, 0.15) is 6.23 Å². The Morgan fingerprint density at radius 1 is 1.33 bits per heavy atom. The molecule has 0 radical (unpaired) electrons. The van der Waals surface area contributed by atoms with Crippen LogP contribution in [0.25, 0.3) is 0 Å². The number of nitriles is 1. The number of anilines is 1. The molecular weight excluding hydrogens is 343 g/mol. The van der Waals surface area contributed by atoms with Gasteiger partial charge in [0.2, 0.25) is 0 Å². The zero-order chi connectivity index (χ0) is 18.3. The monoisotopic (exact) mass is 361 g/mol. The molecule has 5 nitrogen and oxygen atoms in total. The normalized spacial score (nSPS) is 24.2. The van der Waals surface area contributed by atoms with E-state index in [2.05, 4.69) is 12.6 Å². The molecule has 2 N–H and O–H groups in total. The van der Waals surface area contributed by atoms with Crippen LogP contribution in [-0.2, 0) is 6.18 Å². The zero-order valence-electron chi connectivity index (χ0n) is 13.1. The summed E-state index contributed by atoms with van der Waals surface area (Å²) in [6.07, 6.45) is -7.26. The van der Waals surface area contributed by atoms with Crippen molar-refractivity contribution in [2.24, 2.45) is 0 Å². The number of nitrogens with zero attached hydrogens (tertiary/aromatic N) is 3. The van der Waals surface area contributed by atoms with Gasteiger partial charge in [0.15, 0.2) is 6.35 Å². The van der Waals surface area contributed by atoms with Gasteiger partial charge < -0.3 is 15.1 Å². The number of hydrogen-bond donors (Lipinski definition) is 3. The highest BCUT2D eigenvalue weighted by Crippen LogP contribution is 2.40. The summed E-state index contributed by atoms with van der Waals surface area (Å²) in [6, 6.07) is 4.58. The van der Waals surface area contributed by atoms with Crippen LogP contribution in [-0.4, -0.2) is 45.5 Å². The summed E-state index contributed by atoms with van der Waals surface area (Å²) >= 11 is 4.10. The number of alkyl halides is 3. The van der Waals surface area contributed by atoms with E-state index in [1.54, 1.807) is 18.7 Å². The van der Waals surface area contributed by atoms with Gasteiger partial charge in [-0.15, -0.1) is 0 Å². The second-order valence-corrected chi connectivity index (χ2v) is 6.48. The Kier molecular flexibility index (Phi) is 5.06. The van der Waals surface area contributed by atoms with Gasteiger partial charge in [-0.2, -0.15) is 31.1 Å². The standard InChI is InChI=1S/C15H18F3N3O2S/c1-14(2)12(22)21(13(23)20(14)5-6-24)10-4-3-9(8-19)11(7-10)15(16,17)18/h3-4,7,12-13,22-24H,5-6H2,1-2H3. The minimum Gasteiger partial charge on any atom is -0.372 e. The van der Waals surface area contributed by atoms with Gasteiger partial charge in [0.05, 0.1) is 22.7 Å². The molecule has 0 bridgehead atoms. The smallest absolute Gasteiger partial charge is 0.372 e. The van der Waals surface area contributed by atoms with E-state index in [-0.39, 0.29) is 5.69 Å². The molecule has 1 aliphatic heterocycles. The summed E-state index contributed by atoms with van der Waals surface area (Å²) < 4.78 is 39.4. The van der Waals surface area contributed by atoms with Gasteiger partial charge in [-0.05, 0) is 32.0 Å². The maximum atomic E-state index is 13.1. The molecule has 132 valence electrons. The molecule has 0 aliphatic carbocycles. The summed E-state index contributed by atoms with van der Waals surface area (Å²) in [5.41, 5.74) is -2.53. The first-order valence-electron chi connectivity index (χ1n) is 7.19. The third kappa shape index (κ3) is 3.07. The SMILES string of the molecule is CC1(C)C(O)N(c2ccc(C#N)c(C(F)(F)F)c2)C(O)N1CCS. The van der Waals surface area contributed by atoms with Gasteiger partial charge in [-0.3, -0.25) is 4.90 Å². The lowest BCUT2D eigenvalue weighted by atomic mass is 10.0. The minimum absolute atomic E-state index is 0.0175. The number of rotatable bonds is 3. The Bertz CT molecular complexity index is 660. The van der Waals surface area contributed by atoms with E-state index in [1.165, 1.54) is 12.1 Å². The van der Waals surface area contributed by atoms with Crippen molar-refractivity contribution in [2.45, 2.75) is 38.1 Å². The van der Waals surface area contributed by atoms with Crippen LogP contribution in [0.3, 0.4) is 0 Å². The van der Waals surface area contributed by atoms with Crippen molar-refractivity contribution in [1.29, 1.82) is 5.26 Å². The van der Waals surface area contributed by atoms with E-state index < -0.39 is 35.4 Å². The third-order valence-corrected chi connectivity index (χ3v) is 4.43. The van der Waals surface area contributed by atoms with Crippen molar-refractivity contribution < 1.29 is 23.4 Å². The number of benzene rings is 1. The molecule has 1 heterocycles. The molecule has 1 aromatic rings. The van der Waals surface area contributed by atoms with Crippen LogP contribution in [0, 0.1) is 11.3 Å². The second kappa shape index (κ2) is 6.44. The van der Waals surface area contributed by atoms with Gasteiger partial charge >= 0.3 is 6.18 Å². The maximum Gasteiger partial charge on any atom is 0.417 e. The number of aliphatic hydroxyl groups is 2. The van der Waals surface area contributed by atoms with Crippen LogP contribution >= 0.6 is 12.6 Å². The van der Waals surface area contributed by atoms with Crippen molar-refractivity contribution >= 4 is 18.3 Å². The lowest BCUT2D eigenvalue weighted by molar-refractivity contribution is -0.137. The predicted molar refractivity (Wildman–Crippen MR) is 85.3 cm³/mol. The molecule has 1 aliphatic rings. The molecule has 0 amide bonds. The van der Waals surface area contributed by atoms with Gasteiger partial charge in [0, 0.05) is 18.0 Å². The lowest BCUT2D eigenvalue weighted by Crippen LogP contribution is -2.48. The van der Waals surface area contributed by atoms with E-state index in [0.29, 0.717) is 12.3 Å². The van der Waals surface area contributed by atoms with Crippen molar-refractivity contribution in [3.8, 4) is 6.07 Å². The Labute approximate surface area is 143 Å². The average molecular weight is 361 g/mol. The molecule has 24 heavy (non-hydrogen) atoms. The minimum atomic E-state index is -4.71. The fourth-order valence-electron chi connectivity index (χ4n) is 2.87. The molecule has 1 fully saturated rings. The fraction of sp³-hybridized carbons (Fsp3) is 0.533.